The predicted molar refractivity (Wildman–Crippen MR) is 109 cm³/mol. The van der Waals surface area contributed by atoms with Crippen LogP contribution < -0.4 is 0 Å². The van der Waals surface area contributed by atoms with Gasteiger partial charge >= 0.3 is 0 Å². The molecule has 1 aliphatic rings. The van der Waals surface area contributed by atoms with Crippen molar-refractivity contribution in [1.29, 1.82) is 0 Å². The summed E-state index contributed by atoms with van der Waals surface area (Å²) in [4.78, 5) is 27.6. The number of hydrogen-bond donors (Lipinski definition) is 0. The first-order valence-corrected chi connectivity index (χ1v) is 9.78. The summed E-state index contributed by atoms with van der Waals surface area (Å²) >= 11 is 0. The number of amides is 1. The molecule has 1 unspecified atom stereocenters. The zero-order valence-electron chi connectivity index (χ0n) is 16.8. The van der Waals surface area contributed by atoms with Crippen molar-refractivity contribution in [2.75, 3.05) is 19.7 Å². The molecule has 0 N–H and O–H groups in total. The molecule has 6 nitrogen and oxygen atoms in total. The first kappa shape index (κ1) is 20.0. The van der Waals surface area contributed by atoms with Gasteiger partial charge in [-0.15, -0.1) is 0 Å². The van der Waals surface area contributed by atoms with Crippen LogP contribution in [0.5, 0.6) is 0 Å². The Bertz CT molecular complexity index is 1080. The highest BCUT2D eigenvalue weighted by Gasteiger charge is 2.32. The third-order valence-electron chi connectivity index (χ3n) is 5.31. The number of aryl methyl sites for hydroxylation is 1. The molecule has 1 saturated heterocycles. The summed E-state index contributed by atoms with van der Waals surface area (Å²) in [5.74, 6) is -1.49. The van der Waals surface area contributed by atoms with Crippen molar-refractivity contribution in [3.05, 3.63) is 82.9 Å². The van der Waals surface area contributed by atoms with Crippen LogP contribution in [-0.2, 0) is 9.53 Å². The lowest BCUT2D eigenvalue weighted by Gasteiger charge is -2.32. The first-order valence-electron chi connectivity index (χ1n) is 9.78. The Morgan fingerprint density at radius 3 is 2.47 bits per heavy atom. The molecule has 7 heteroatoms. The molecule has 0 saturated carbocycles. The van der Waals surface area contributed by atoms with E-state index in [0.29, 0.717) is 30.1 Å². The van der Waals surface area contributed by atoms with Crippen molar-refractivity contribution in [2.45, 2.75) is 20.0 Å². The molecule has 0 bridgehead atoms. The smallest absolute Gasteiger partial charge is 0.295 e. The standard InChI is InChI=1S/C23H22FN3O3/c1-15-21(16(2)27(25-15)19-6-4-3-5-7-19)22(28)23(29)26-12-13-30-20(14-26)17-8-10-18(24)11-9-17/h3-11,20H,12-14H2,1-2H3. The quantitative estimate of drug-likeness (QED) is 0.491. The maximum Gasteiger partial charge on any atom is 0.295 e. The molecule has 1 amide bonds. The molecule has 1 atom stereocenters. The van der Waals surface area contributed by atoms with Gasteiger partial charge in [0.15, 0.2) is 0 Å². The average molecular weight is 407 g/mol. The molecule has 154 valence electrons. The van der Waals surface area contributed by atoms with Crippen LogP contribution >= 0.6 is 0 Å². The van der Waals surface area contributed by atoms with E-state index < -0.39 is 17.8 Å². The Morgan fingerprint density at radius 1 is 1.07 bits per heavy atom. The number of aromatic nitrogens is 2. The van der Waals surface area contributed by atoms with Crippen LogP contribution in [-0.4, -0.2) is 46.1 Å². The van der Waals surface area contributed by atoms with Crippen molar-refractivity contribution in [3.63, 3.8) is 0 Å². The predicted octanol–water partition coefficient (Wildman–Crippen LogP) is 3.41. The Balaban J connectivity index is 1.56. The molecule has 0 radical (unpaired) electrons. The summed E-state index contributed by atoms with van der Waals surface area (Å²) in [7, 11) is 0. The molecule has 3 aromatic rings. The highest BCUT2D eigenvalue weighted by atomic mass is 19.1. The van der Waals surface area contributed by atoms with E-state index in [1.54, 1.807) is 30.7 Å². The largest absolute Gasteiger partial charge is 0.370 e. The van der Waals surface area contributed by atoms with Crippen LogP contribution in [0.15, 0.2) is 54.6 Å². The molecule has 1 fully saturated rings. The van der Waals surface area contributed by atoms with Gasteiger partial charge in [-0.2, -0.15) is 5.10 Å². The highest BCUT2D eigenvalue weighted by Crippen LogP contribution is 2.24. The Labute approximate surface area is 173 Å². The Hall–Kier alpha value is -3.32. The summed E-state index contributed by atoms with van der Waals surface area (Å²) < 4.78 is 20.6. The number of hydrogen-bond acceptors (Lipinski definition) is 4. The van der Waals surface area contributed by atoms with Gasteiger partial charge in [0, 0.05) is 6.54 Å². The van der Waals surface area contributed by atoms with E-state index in [0.717, 1.165) is 11.3 Å². The third-order valence-corrected chi connectivity index (χ3v) is 5.31. The monoisotopic (exact) mass is 407 g/mol. The highest BCUT2D eigenvalue weighted by molar-refractivity contribution is 6.43. The lowest BCUT2D eigenvalue weighted by atomic mass is 10.1. The fraction of sp³-hybridized carbons (Fsp3) is 0.261. The number of Topliss-reactive ketones (excluding diaryl/α,β-unsaturated/α-hetero) is 1. The summed E-state index contributed by atoms with van der Waals surface area (Å²) in [5.41, 5.74) is 3.06. The minimum absolute atomic E-state index is 0.237. The zero-order chi connectivity index (χ0) is 21.3. The third kappa shape index (κ3) is 3.76. The maximum absolute atomic E-state index is 13.2. The van der Waals surface area contributed by atoms with Crippen molar-refractivity contribution in [1.82, 2.24) is 14.7 Å². The fourth-order valence-corrected chi connectivity index (χ4v) is 3.76. The van der Waals surface area contributed by atoms with E-state index in [4.69, 9.17) is 4.74 Å². The van der Waals surface area contributed by atoms with Gasteiger partial charge in [-0.3, -0.25) is 9.59 Å². The molecule has 0 aliphatic carbocycles. The number of carbonyl (C=O) groups is 2. The van der Waals surface area contributed by atoms with Crippen LogP contribution in [0, 0.1) is 19.7 Å². The fourth-order valence-electron chi connectivity index (χ4n) is 3.76. The van der Waals surface area contributed by atoms with E-state index in [9.17, 15) is 14.0 Å². The number of para-hydroxylation sites is 1. The van der Waals surface area contributed by atoms with E-state index in [1.165, 1.54) is 17.0 Å². The number of benzene rings is 2. The second-order valence-corrected chi connectivity index (χ2v) is 7.28. The van der Waals surface area contributed by atoms with Crippen molar-refractivity contribution < 1.29 is 18.7 Å². The van der Waals surface area contributed by atoms with Crippen molar-refractivity contribution >= 4 is 11.7 Å². The van der Waals surface area contributed by atoms with E-state index in [-0.39, 0.29) is 12.4 Å². The minimum Gasteiger partial charge on any atom is -0.370 e. The molecule has 1 aliphatic heterocycles. The number of rotatable bonds is 4. The summed E-state index contributed by atoms with van der Waals surface area (Å²) in [6.07, 6.45) is -0.398. The molecule has 2 aromatic carbocycles. The number of carbonyl (C=O) groups excluding carboxylic acids is 2. The summed E-state index contributed by atoms with van der Waals surface area (Å²) in [5, 5.41) is 4.46. The molecule has 30 heavy (non-hydrogen) atoms. The number of halogens is 1. The average Bonchev–Trinajstić information content (AvgIpc) is 3.08. The zero-order valence-corrected chi connectivity index (χ0v) is 16.8. The number of nitrogens with zero attached hydrogens (tertiary/aromatic N) is 3. The van der Waals surface area contributed by atoms with Gasteiger partial charge in [-0.25, -0.2) is 9.07 Å². The second kappa shape index (κ2) is 8.20. The van der Waals surface area contributed by atoms with Gasteiger partial charge in [0.2, 0.25) is 0 Å². The van der Waals surface area contributed by atoms with Gasteiger partial charge in [-0.1, -0.05) is 30.3 Å². The SMILES string of the molecule is Cc1nn(-c2ccccc2)c(C)c1C(=O)C(=O)N1CCOC(c2ccc(F)cc2)C1. The van der Waals surface area contributed by atoms with E-state index >= 15 is 0 Å². The van der Waals surface area contributed by atoms with E-state index in [2.05, 4.69) is 5.10 Å². The van der Waals surface area contributed by atoms with Gasteiger partial charge in [-0.05, 0) is 43.7 Å². The van der Waals surface area contributed by atoms with Gasteiger partial charge < -0.3 is 9.64 Å². The molecule has 2 heterocycles. The van der Waals surface area contributed by atoms with Gasteiger partial charge in [0.25, 0.3) is 11.7 Å². The number of morpholine rings is 1. The Kier molecular flexibility index (Phi) is 5.46. The summed E-state index contributed by atoms with van der Waals surface area (Å²) in [6.45, 7) is 4.39. The van der Waals surface area contributed by atoms with E-state index in [1.807, 2.05) is 30.3 Å². The maximum atomic E-state index is 13.2. The lowest BCUT2D eigenvalue weighted by molar-refractivity contribution is -0.134. The number of ether oxygens (including phenoxy) is 1. The van der Waals surface area contributed by atoms with Crippen LogP contribution in [0.25, 0.3) is 5.69 Å². The minimum atomic E-state index is -0.579. The van der Waals surface area contributed by atoms with Crippen LogP contribution in [0.4, 0.5) is 4.39 Å². The van der Waals surface area contributed by atoms with Crippen molar-refractivity contribution in [2.24, 2.45) is 0 Å². The summed E-state index contributed by atoms with van der Waals surface area (Å²) in [6, 6.07) is 15.5. The lowest BCUT2D eigenvalue weighted by Crippen LogP contribution is -2.45. The number of ketones is 1. The molecule has 1 aromatic heterocycles. The normalized spacial score (nSPS) is 16.5. The first-order chi connectivity index (χ1) is 14.5. The van der Waals surface area contributed by atoms with Crippen LogP contribution in [0.3, 0.4) is 0 Å². The molecule has 4 rings (SSSR count). The Morgan fingerprint density at radius 2 is 1.77 bits per heavy atom. The topological polar surface area (TPSA) is 64.4 Å². The van der Waals surface area contributed by atoms with Crippen LogP contribution in [0.1, 0.15) is 33.4 Å². The molecule has 0 spiro atoms. The second-order valence-electron chi connectivity index (χ2n) is 7.28. The van der Waals surface area contributed by atoms with Crippen molar-refractivity contribution in [3.8, 4) is 5.69 Å². The molecular formula is C23H22FN3O3. The van der Waals surface area contributed by atoms with Gasteiger partial charge in [0.1, 0.15) is 11.9 Å². The van der Waals surface area contributed by atoms with Gasteiger partial charge in [0.05, 0.1) is 35.8 Å². The van der Waals surface area contributed by atoms with Crippen LogP contribution in [0.2, 0.25) is 0 Å². The molecular weight excluding hydrogens is 385 g/mol.